The molecule has 3 N–H and O–H groups in total. The molecule has 0 fully saturated rings. The van der Waals surface area contributed by atoms with E-state index in [0.29, 0.717) is 16.8 Å². The second-order valence-electron chi connectivity index (χ2n) is 5.97. The van der Waals surface area contributed by atoms with Gasteiger partial charge in [-0.3, -0.25) is 0 Å². The molecule has 2 aromatic carbocycles. The maximum atomic E-state index is 14.0. The Balaban J connectivity index is 1.81. The molecule has 1 unspecified atom stereocenters. The predicted molar refractivity (Wildman–Crippen MR) is 95.8 cm³/mol. The third kappa shape index (κ3) is 2.91. The number of benzene rings is 2. The first-order valence-electron chi connectivity index (χ1n) is 8.13. The number of anilines is 1. The molecule has 4 rings (SSSR count). The number of aliphatic hydroxyl groups excluding tert-OH is 1. The fourth-order valence-corrected chi connectivity index (χ4v) is 2.84. The van der Waals surface area contributed by atoms with E-state index in [-0.39, 0.29) is 17.4 Å². The van der Waals surface area contributed by atoms with Crippen LogP contribution < -0.4 is 5.73 Å². The number of aromatic nitrogens is 4. The SMILES string of the molecule is N#Cc1cccc(-c2cc3nc(C(O)c4c(F)cccc4F)nn3c(N)n2)c1. The smallest absolute Gasteiger partial charge is 0.223 e. The quantitative estimate of drug-likeness (QED) is 0.567. The Labute approximate surface area is 157 Å². The molecule has 0 bridgehead atoms. The Kier molecular flexibility index (Phi) is 4.18. The van der Waals surface area contributed by atoms with E-state index in [0.717, 1.165) is 16.6 Å². The third-order valence-electron chi connectivity index (χ3n) is 4.17. The first-order chi connectivity index (χ1) is 13.5. The van der Waals surface area contributed by atoms with Gasteiger partial charge in [-0.15, -0.1) is 5.10 Å². The molecule has 4 aromatic rings. The van der Waals surface area contributed by atoms with Crippen LogP contribution in [0.3, 0.4) is 0 Å². The minimum atomic E-state index is -1.72. The van der Waals surface area contributed by atoms with Crippen LogP contribution in [-0.2, 0) is 0 Å². The minimum absolute atomic E-state index is 0.0326. The lowest BCUT2D eigenvalue weighted by atomic mass is 10.1. The first kappa shape index (κ1) is 17.5. The van der Waals surface area contributed by atoms with Crippen LogP contribution in [0.5, 0.6) is 0 Å². The number of hydrogen-bond donors (Lipinski definition) is 2. The molecule has 2 heterocycles. The number of nitrogens with two attached hydrogens (primary N) is 1. The number of hydrogen-bond acceptors (Lipinski definition) is 6. The summed E-state index contributed by atoms with van der Waals surface area (Å²) in [4.78, 5) is 8.37. The van der Waals surface area contributed by atoms with Gasteiger partial charge in [0.05, 0.1) is 22.9 Å². The summed E-state index contributed by atoms with van der Waals surface area (Å²) in [5.41, 5.74) is 7.14. The summed E-state index contributed by atoms with van der Waals surface area (Å²) in [6.07, 6.45) is -1.72. The van der Waals surface area contributed by atoms with Crippen LogP contribution in [-0.4, -0.2) is 24.7 Å². The molecule has 138 valence electrons. The van der Waals surface area contributed by atoms with Gasteiger partial charge < -0.3 is 10.8 Å². The molecule has 0 aliphatic carbocycles. The number of rotatable bonds is 3. The maximum absolute atomic E-state index is 14.0. The van der Waals surface area contributed by atoms with E-state index in [9.17, 15) is 13.9 Å². The normalized spacial score (nSPS) is 12.1. The van der Waals surface area contributed by atoms with Crippen LogP contribution in [0.4, 0.5) is 14.7 Å². The molecule has 0 spiro atoms. The van der Waals surface area contributed by atoms with E-state index >= 15 is 0 Å². The number of aliphatic hydroxyl groups is 1. The molecule has 0 saturated carbocycles. The zero-order valence-electron chi connectivity index (χ0n) is 14.2. The zero-order valence-corrected chi connectivity index (χ0v) is 14.2. The zero-order chi connectivity index (χ0) is 19.8. The van der Waals surface area contributed by atoms with Crippen LogP contribution in [0.25, 0.3) is 16.9 Å². The molecule has 1 atom stereocenters. The Morgan fingerprint density at radius 3 is 2.50 bits per heavy atom. The van der Waals surface area contributed by atoms with Crippen molar-refractivity contribution in [2.45, 2.75) is 6.10 Å². The second kappa shape index (κ2) is 6.68. The summed E-state index contributed by atoms with van der Waals surface area (Å²) < 4.78 is 29.1. The van der Waals surface area contributed by atoms with Gasteiger partial charge in [0.15, 0.2) is 11.5 Å². The Bertz CT molecular complexity index is 1230. The minimum Gasteiger partial charge on any atom is -0.380 e. The van der Waals surface area contributed by atoms with E-state index in [1.807, 2.05) is 6.07 Å². The standard InChI is InChI=1S/C19H12F2N6O/c20-12-5-2-6-13(21)16(12)17(28)18-25-15-8-14(24-19(23)27(15)26-18)11-4-1-3-10(7-11)9-22/h1-8,17,28H,(H2,23,24). The van der Waals surface area contributed by atoms with Gasteiger partial charge >= 0.3 is 0 Å². The van der Waals surface area contributed by atoms with Crippen molar-refractivity contribution in [1.82, 2.24) is 19.6 Å². The van der Waals surface area contributed by atoms with Crippen molar-refractivity contribution >= 4 is 11.6 Å². The van der Waals surface area contributed by atoms with Gasteiger partial charge in [-0.1, -0.05) is 18.2 Å². The maximum Gasteiger partial charge on any atom is 0.223 e. The van der Waals surface area contributed by atoms with E-state index in [1.165, 1.54) is 6.07 Å². The van der Waals surface area contributed by atoms with Crippen molar-refractivity contribution in [3.8, 4) is 17.3 Å². The highest BCUT2D eigenvalue weighted by molar-refractivity contribution is 5.66. The van der Waals surface area contributed by atoms with Crippen molar-refractivity contribution < 1.29 is 13.9 Å². The highest BCUT2D eigenvalue weighted by Crippen LogP contribution is 2.27. The fraction of sp³-hybridized carbons (Fsp3) is 0.0526. The van der Waals surface area contributed by atoms with Gasteiger partial charge in [0.1, 0.15) is 17.7 Å². The fourth-order valence-electron chi connectivity index (χ4n) is 2.84. The molecule has 0 saturated heterocycles. The molecular formula is C19H12F2N6O. The Morgan fingerprint density at radius 2 is 1.79 bits per heavy atom. The molecule has 28 heavy (non-hydrogen) atoms. The van der Waals surface area contributed by atoms with E-state index in [4.69, 9.17) is 11.0 Å². The van der Waals surface area contributed by atoms with Crippen LogP contribution in [0.2, 0.25) is 0 Å². The number of nitriles is 1. The lowest BCUT2D eigenvalue weighted by Crippen LogP contribution is -2.08. The van der Waals surface area contributed by atoms with Gasteiger partial charge in [0.2, 0.25) is 5.95 Å². The largest absolute Gasteiger partial charge is 0.380 e. The number of nitrogen functional groups attached to an aromatic ring is 1. The molecule has 2 aromatic heterocycles. The topological polar surface area (TPSA) is 113 Å². The Hall–Kier alpha value is -3.90. The van der Waals surface area contributed by atoms with E-state index in [2.05, 4.69) is 15.1 Å². The van der Waals surface area contributed by atoms with Crippen molar-refractivity contribution in [2.75, 3.05) is 5.73 Å². The van der Waals surface area contributed by atoms with Gasteiger partial charge in [-0.05, 0) is 24.3 Å². The lowest BCUT2D eigenvalue weighted by Gasteiger charge is -2.08. The predicted octanol–water partition coefficient (Wildman–Crippen LogP) is 2.61. The van der Waals surface area contributed by atoms with Crippen molar-refractivity contribution in [3.63, 3.8) is 0 Å². The van der Waals surface area contributed by atoms with E-state index in [1.54, 1.807) is 30.3 Å². The monoisotopic (exact) mass is 378 g/mol. The van der Waals surface area contributed by atoms with Crippen LogP contribution in [0, 0.1) is 23.0 Å². The van der Waals surface area contributed by atoms with Gasteiger partial charge in [0.25, 0.3) is 0 Å². The average molecular weight is 378 g/mol. The molecule has 0 aliphatic heterocycles. The summed E-state index contributed by atoms with van der Waals surface area (Å²) in [5.74, 6) is -2.08. The summed E-state index contributed by atoms with van der Waals surface area (Å²) in [6.45, 7) is 0. The lowest BCUT2D eigenvalue weighted by molar-refractivity contribution is 0.199. The number of fused-ring (bicyclic) bond motifs is 1. The molecular weight excluding hydrogens is 366 g/mol. The molecule has 9 heteroatoms. The Morgan fingerprint density at radius 1 is 1.07 bits per heavy atom. The van der Waals surface area contributed by atoms with Crippen LogP contribution in [0.15, 0.2) is 48.5 Å². The molecule has 0 radical (unpaired) electrons. The van der Waals surface area contributed by atoms with Crippen LogP contribution >= 0.6 is 0 Å². The number of halogens is 2. The third-order valence-corrected chi connectivity index (χ3v) is 4.17. The highest BCUT2D eigenvalue weighted by Gasteiger charge is 2.24. The average Bonchev–Trinajstić information content (AvgIpc) is 3.13. The van der Waals surface area contributed by atoms with Gasteiger partial charge in [-0.2, -0.15) is 9.78 Å². The highest BCUT2D eigenvalue weighted by atomic mass is 19.1. The summed E-state index contributed by atoms with van der Waals surface area (Å²) >= 11 is 0. The molecule has 0 aliphatic rings. The van der Waals surface area contributed by atoms with Crippen molar-refractivity contribution in [2.24, 2.45) is 0 Å². The summed E-state index contributed by atoms with van der Waals surface area (Å²) in [6, 6.07) is 13.6. The summed E-state index contributed by atoms with van der Waals surface area (Å²) in [7, 11) is 0. The van der Waals surface area contributed by atoms with E-state index < -0.39 is 23.3 Å². The van der Waals surface area contributed by atoms with Crippen molar-refractivity contribution in [1.29, 1.82) is 5.26 Å². The number of nitrogens with zero attached hydrogens (tertiary/aromatic N) is 5. The first-order valence-corrected chi connectivity index (χ1v) is 8.13. The van der Waals surface area contributed by atoms with Crippen LogP contribution in [0.1, 0.15) is 23.1 Å². The molecule has 7 nitrogen and oxygen atoms in total. The van der Waals surface area contributed by atoms with Crippen molar-refractivity contribution in [3.05, 3.63) is 77.1 Å². The second-order valence-corrected chi connectivity index (χ2v) is 5.97. The molecule has 0 amide bonds. The summed E-state index contributed by atoms with van der Waals surface area (Å²) in [5, 5.41) is 23.4. The van der Waals surface area contributed by atoms with Gasteiger partial charge in [0, 0.05) is 11.6 Å². The van der Waals surface area contributed by atoms with Gasteiger partial charge in [-0.25, -0.2) is 18.7 Å².